The third-order valence-corrected chi connectivity index (χ3v) is 9.13. The van der Waals surface area contributed by atoms with Gasteiger partial charge in [-0.1, -0.05) is 29.3 Å². The largest absolute Gasteiger partial charge is 0.481 e. The van der Waals surface area contributed by atoms with Crippen molar-refractivity contribution in [1.29, 1.82) is 0 Å². The summed E-state index contributed by atoms with van der Waals surface area (Å²) in [5, 5.41) is 10.4. The number of rotatable bonds is 8. The smallest absolute Gasteiger partial charge is 0.306 e. The molecular weight excluding hydrogens is 473 g/mol. The maximum absolute atomic E-state index is 13.3. The summed E-state index contributed by atoms with van der Waals surface area (Å²) in [5.41, 5.74) is 1.18. The van der Waals surface area contributed by atoms with Gasteiger partial charge in [-0.15, -0.1) is 0 Å². The van der Waals surface area contributed by atoms with Crippen LogP contribution in [0.1, 0.15) is 50.0 Å². The van der Waals surface area contributed by atoms with Gasteiger partial charge in [-0.25, -0.2) is 0 Å². The van der Waals surface area contributed by atoms with Gasteiger partial charge in [-0.2, -0.15) is 0 Å². The van der Waals surface area contributed by atoms with Gasteiger partial charge >= 0.3 is 5.97 Å². The molecule has 1 N–H and O–H groups in total. The molecule has 0 spiro atoms. The van der Waals surface area contributed by atoms with Gasteiger partial charge in [-0.05, 0) is 81.8 Å². The second-order valence-electron chi connectivity index (χ2n) is 10.8. The van der Waals surface area contributed by atoms with E-state index in [-0.39, 0.29) is 11.8 Å². The van der Waals surface area contributed by atoms with E-state index in [1.54, 1.807) is 0 Å². The number of aliphatic carboxylic acids is 1. The van der Waals surface area contributed by atoms with Crippen LogP contribution in [0.2, 0.25) is 10.0 Å². The molecule has 0 aromatic heterocycles. The van der Waals surface area contributed by atoms with Gasteiger partial charge in [0.2, 0.25) is 5.91 Å². The number of hydrogen-bond donors (Lipinski definition) is 1. The first-order valence-corrected chi connectivity index (χ1v) is 13.6. The van der Waals surface area contributed by atoms with Crippen LogP contribution in [0.3, 0.4) is 0 Å². The van der Waals surface area contributed by atoms with Gasteiger partial charge < -0.3 is 14.9 Å². The normalized spacial score (nSPS) is 27.7. The fourth-order valence-corrected chi connectivity index (χ4v) is 6.27. The Morgan fingerprint density at radius 2 is 1.76 bits per heavy atom. The molecule has 3 saturated heterocycles. The fourth-order valence-electron chi connectivity index (χ4n) is 5.96. The van der Waals surface area contributed by atoms with Crippen LogP contribution >= 0.6 is 23.2 Å². The minimum atomic E-state index is -0.651. The number of carbonyl (C=O) groups excluding carboxylic acids is 1. The van der Waals surface area contributed by atoms with Crippen LogP contribution < -0.4 is 0 Å². The number of benzene rings is 1. The van der Waals surface area contributed by atoms with Crippen LogP contribution in [-0.2, 0) is 9.59 Å². The molecule has 2 atom stereocenters. The Kier molecular flexibility index (Phi) is 7.41. The lowest BCUT2D eigenvalue weighted by atomic mass is 9.82. The maximum Gasteiger partial charge on any atom is 0.306 e. The van der Waals surface area contributed by atoms with Crippen LogP contribution in [-0.4, -0.2) is 83.5 Å². The standard InChI is InChI=1S/C26H35Cl2N3O3/c27-23-4-3-19(12-24(23)28)21-11-20(25(32)31(14-21)13-17-1-2-17)5-8-29-15-22(16-29)30-9-6-18(7-10-30)26(33)34/h3-4,12,17-18,20-22H,1-2,5-11,13-16H2,(H,33,34)/t20-,21?/m1/s1. The lowest BCUT2D eigenvalue weighted by Crippen LogP contribution is -2.61. The predicted molar refractivity (Wildman–Crippen MR) is 133 cm³/mol. The van der Waals surface area contributed by atoms with Crippen molar-refractivity contribution in [2.75, 3.05) is 45.8 Å². The van der Waals surface area contributed by atoms with Crippen LogP contribution in [0.25, 0.3) is 0 Å². The number of carbonyl (C=O) groups is 2. The van der Waals surface area contributed by atoms with E-state index in [1.165, 1.54) is 18.4 Å². The molecular formula is C26H35Cl2N3O3. The van der Waals surface area contributed by atoms with Crippen LogP contribution in [0.15, 0.2) is 18.2 Å². The molecule has 1 aromatic rings. The summed E-state index contributed by atoms with van der Waals surface area (Å²) in [6.45, 7) is 6.45. The van der Waals surface area contributed by atoms with Crippen molar-refractivity contribution in [2.24, 2.45) is 17.8 Å². The Balaban J connectivity index is 1.14. The molecule has 6 nitrogen and oxygen atoms in total. The van der Waals surface area contributed by atoms with Gasteiger partial charge in [-0.3, -0.25) is 14.5 Å². The molecule has 0 bridgehead atoms. The van der Waals surface area contributed by atoms with Gasteiger partial charge in [0.25, 0.3) is 0 Å². The van der Waals surface area contributed by atoms with E-state index in [4.69, 9.17) is 23.2 Å². The van der Waals surface area contributed by atoms with Crippen molar-refractivity contribution in [1.82, 2.24) is 14.7 Å². The monoisotopic (exact) mass is 507 g/mol. The van der Waals surface area contributed by atoms with Crippen LogP contribution in [0, 0.1) is 17.8 Å². The average molecular weight is 508 g/mol. The molecule has 1 amide bonds. The Morgan fingerprint density at radius 3 is 2.41 bits per heavy atom. The summed E-state index contributed by atoms with van der Waals surface area (Å²) in [6.07, 6.45) is 5.77. The van der Waals surface area contributed by atoms with E-state index in [0.29, 0.717) is 33.8 Å². The third-order valence-electron chi connectivity index (χ3n) is 8.39. The summed E-state index contributed by atoms with van der Waals surface area (Å²) in [4.78, 5) is 31.5. The van der Waals surface area contributed by atoms with E-state index in [9.17, 15) is 14.7 Å². The van der Waals surface area contributed by atoms with Crippen molar-refractivity contribution in [3.05, 3.63) is 33.8 Å². The first-order chi connectivity index (χ1) is 16.4. The molecule has 8 heteroatoms. The Morgan fingerprint density at radius 1 is 1.03 bits per heavy atom. The minimum absolute atomic E-state index is 0.0531. The molecule has 3 heterocycles. The van der Waals surface area contributed by atoms with E-state index in [1.807, 2.05) is 12.1 Å². The second kappa shape index (κ2) is 10.3. The zero-order chi connectivity index (χ0) is 23.8. The molecule has 3 aliphatic heterocycles. The van der Waals surface area contributed by atoms with Gasteiger partial charge in [0.15, 0.2) is 0 Å². The molecule has 1 aliphatic carbocycles. The minimum Gasteiger partial charge on any atom is -0.481 e. The highest BCUT2D eigenvalue weighted by Crippen LogP contribution is 2.38. The third kappa shape index (κ3) is 5.56. The van der Waals surface area contributed by atoms with E-state index in [0.717, 1.165) is 71.5 Å². The lowest BCUT2D eigenvalue weighted by molar-refractivity contribution is -0.144. The van der Waals surface area contributed by atoms with E-state index in [2.05, 4.69) is 20.8 Å². The number of hydrogen-bond acceptors (Lipinski definition) is 4. The highest BCUT2D eigenvalue weighted by atomic mass is 35.5. The molecule has 0 radical (unpaired) electrons. The molecule has 186 valence electrons. The van der Waals surface area contributed by atoms with Gasteiger partial charge in [0.05, 0.1) is 16.0 Å². The summed E-state index contributed by atoms with van der Waals surface area (Å²) in [6, 6.07) is 6.45. The number of carboxylic acids is 1. The first-order valence-electron chi connectivity index (χ1n) is 12.8. The molecule has 1 aromatic carbocycles. The Labute approximate surface area is 212 Å². The highest BCUT2D eigenvalue weighted by Gasteiger charge is 2.39. The fraction of sp³-hybridized carbons (Fsp3) is 0.692. The van der Waals surface area contributed by atoms with Gasteiger partial charge in [0.1, 0.15) is 0 Å². The van der Waals surface area contributed by atoms with E-state index >= 15 is 0 Å². The number of nitrogens with zero attached hydrogens (tertiary/aromatic N) is 3. The lowest BCUT2D eigenvalue weighted by Gasteiger charge is -2.48. The van der Waals surface area contributed by atoms with Crippen molar-refractivity contribution >= 4 is 35.1 Å². The van der Waals surface area contributed by atoms with Crippen LogP contribution in [0.4, 0.5) is 0 Å². The van der Waals surface area contributed by atoms with Crippen molar-refractivity contribution < 1.29 is 14.7 Å². The average Bonchev–Trinajstić information content (AvgIpc) is 3.61. The Hall–Kier alpha value is -1.34. The molecule has 5 rings (SSSR count). The van der Waals surface area contributed by atoms with E-state index < -0.39 is 5.97 Å². The summed E-state index contributed by atoms with van der Waals surface area (Å²) < 4.78 is 0. The van der Waals surface area contributed by atoms with Crippen LogP contribution in [0.5, 0.6) is 0 Å². The van der Waals surface area contributed by atoms with Crippen molar-refractivity contribution in [2.45, 2.75) is 50.5 Å². The second-order valence-corrected chi connectivity index (χ2v) is 11.7. The SMILES string of the molecule is O=C(O)C1CCN(C2CN(CC[C@@H]3CC(c4ccc(Cl)c(Cl)c4)CN(CC4CC4)C3=O)C2)CC1. The predicted octanol–water partition coefficient (Wildman–Crippen LogP) is 4.21. The molecule has 1 unspecified atom stereocenters. The number of amides is 1. The molecule has 4 fully saturated rings. The highest BCUT2D eigenvalue weighted by molar-refractivity contribution is 6.42. The Bertz CT molecular complexity index is 911. The summed E-state index contributed by atoms with van der Waals surface area (Å²) in [5.74, 6) is 0.538. The number of halogens is 2. The molecule has 34 heavy (non-hydrogen) atoms. The number of piperidine rings is 2. The number of carboxylic acid groups (broad SMARTS) is 1. The molecule has 1 saturated carbocycles. The van der Waals surface area contributed by atoms with Crippen molar-refractivity contribution in [3.8, 4) is 0 Å². The quantitative estimate of drug-likeness (QED) is 0.570. The topological polar surface area (TPSA) is 64.1 Å². The first kappa shape index (κ1) is 24.4. The van der Waals surface area contributed by atoms with Gasteiger partial charge in [0, 0.05) is 44.1 Å². The zero-order valence-corrected chi connectivity index (χ0v) is 21.2. The number of likely N-dealkylation sites (tertiary alicyclic amines) is 3. The zero-order valence-electron chi connectivity index (χ0n) is 19.7. The summed E-state index contributed by atoms with van der Waals surface area (Å²) in [7, 11) is 0. The molecule has 4 aliphatic rings. The van der Waals surface area contributed by atoms with Crippen molar-refractivity contribution in [3.63, 3.8) is 0 Å². The maximum atomic E-state index is 13.3. The summed E-state index contributed by atoms with van der Waals surface area (Å²) >= 11 is 12.4.